The molecule has 0 aromatic heterocycles. The topological polar surface area (TPSA) is 134 Å². The summed E-state index contributed by atoms with van der Waals surface area (Å²) < 4.78 is 0. The highest BCUT2D eigenvalue weighted by Gasteiger charge is 2.18. The first kappa shape index (κ1) is 23.8. The number of amides is 3. The first-order valence-electron chi connectivity index (χ1n) is 8.89. The van der Waals surface area contributed by atoms with Crippen LogP contribution >= 0.6 is 0 Å². The summed E-state index contributed by atoms with van der Waals surface area (Å²) in [6, 6.07) is 14.2. The average Bonchev–Trinajstić information content (AvgIpc) is 2.75. The molecule has 0 fully saturated rings. The maximum absolute atomic E-state index is 12.2. The first-order valence-corrected chi connectivity index (χ1v) is 8.89. The van der Waals surface area contributed by atoms with Gasteiger partial charge in [-0.2, -0.15) is 0 Å². The summed E-state index contributed by atoms with van der Waals surface area (Å²) in [5, 5.41) is 13.4. The normalized spacial score (nSPS) is 11.0. The highest BCUT2D eigenvalue weighted by molar-refractivity contribution is 5.97. The molecular weight excluding hydrogens is 372 g/mol. The van der Waals surface area contributed by atoms with Gasteiger partial charge in [-0.15, -0.1) is 0 Å². The Morgan fingerprint density at radius 3 is 2.03 bits per heavy atom. The van der Waals surface area contributed by atoms with Gasteiger partial charge in [-0.3, -0.25) is 19.6 Å². The van der Waals surface area contributed by atoms with Gasteiger partial charge in [0.2, 0.25) is 5.91 Å². The minimum absolute atomic E-state index is 0. The molecule has 0 radical (unpaired) electrons. The smallest absolute Gasteiger partial charge is 0.267 e. The molecule has 0 unspecified atom stereocenters. The number of hydrogen-bond donors (Lipinski definition) is 5. The molecule has 0 saturated carbocycles. The Morgan fingerprint density at radius 2 is 1.55 bits per heavy atom. The second-order valence-corrected chi connectivity index (χ2v) is 6.14. The number of aryl methyl sites for hydroxylation is 1. The average molecular weight is 400 g/mol. The molecule has 156 valence electrons. The van der Waals surface area contributed by atoms with Gasteiger partial charge in [-0.05, 0) is 35.2 Å². The van der Waals surface area contributed by atoms with Gasteiger partial charge in [0.05, 0.1) is 6.54 Å². The molecule has 8 nitrogen and oxygen atoms in total. The van der Waals surface area contributed by atoms with Crippen molar-refractivity contribution in [3.63, 3.8) is 0 Å². The number of benzene rings is 2. The minimum Gasteiger partial charge on any atom is -0.343 e. The van der Waals surface area contributed by atoms with Gasteiger partial charge in [-0.25, -0.2) is 5.48 Å². The molecule has 3 amide bonds. The quantitative estimate of drug-likeness (QED) is 0.336. The molecule has 0 heterocycles. The minimum atomic E-state index is -1.08. The number of hydrogen-bond acceptors (Lipinski definition) is 5. The van der Waals surface area contributed by atoms with E-state index in [1.165, 1.54) is 11.0 Å². The largest absolute Gasteiger partial charge is 0.343 e. The van der Waals surface area contributed by atoms with E-state index in [2.05, 4.69) is 29.7 Å². The lowest BCUT2D eigenvalue weighted by Gasteiger charge is -2.14. The molecule has 0 aliphatic heterocycles. The second kappa shape index (κ2) is 11.6. The number of nitrogens with two attached hydrogens (primary N) is 1. The van der Waals surface area contributed by atoms with Crippen LogP contribution in [0.5, 0.6) is 0 Å². The lowest BCUT2D eigenvalue weighted by Crippen LogP contribution is -2.52. The summed E-state index contributed by atoms with van der Waals surface area (Å²) in [5.41, 5.74) is 10.5. The van der Waals surface area contributed by atoms with Crippen LogP contribution in [0.1, 0.15) is 30.3 Å². The molecule has 2 aromatic rings. The van der Waals surface area contributed by atoms with Crippen LogP contribution in [0.25, 0.3) is 11.1 Å². The predicted molar refractivity (Wildman–Crippen MR) is 111 cm³/mol. The lowest BCUT2D eigenvalue weighted by atomic mass is 10.0. The fourth-order valence-electron chi connectivity index (χ4n) is 2.56. The third kappa shape index (κ3) is 6.70. The second-order valence-electron chi connectivity index (χ2n) is 6.14. The Hall–Kier alpha value is -3.23. The Balaban J connectivity index is 0.00000420. The van der Waals surface area contributed by atoms with Crippen LogP contribution in [-0.2, 0) is 16.0 Å². The third-order valence-electron chi connectivity index (χ3n) is 4.25. The van der Waals surface area contributed by atoms with E-state index >= 15 is 0 Å². The molecule has 2 rings (SSSR count). The molecule has 1 atom stereocenters. The predicted octanol–water partition coefficient (Wildman–Crippen LogP) is 1.23. The number of rotatable bonds is 8. The molecule has 8 heteroatoms. The maximum atomic E-state index is 12.2. The van der Waals surface area contributed by atoms with E-state index in [0.717, 1.165) is 17.5 Å². The molecular formula is C21H28N4O4. The number of carbonyl (C=O) groups excluding carboxylic acids is 3. The summed E-state index contributed by atoms with van der Waals surface area (Å²) in [5.74, 6) is -1.84. The molecule has 0 aliphatic rings. The van der Waals surface area contributed by atoms with E-state index < -0.39 is 23.8 Å². The summed E-state index contributed by atoms with van der Waals surface area (Å²) in [6.07, 6.45) is 0.976. The van der Waals surface area contributed by atoms with Gasteiger partial charge in [0.1, 0.15) is 6.04 Å². The highest BCUT2D eigenvalue weighted by Crippen LogP contribution is 2.20. The zero-order chi connectivity index (χ0) is 20.5. The van der Waals surface area contributed by atoms with Crippen LogP contribution in [0.4, 0.5) is 0 Å². The number of hydroxylamine groups is 1. The van der Waals surface area contributed by atoms with Crippen LogP contribution < -0.4 is 21.8 Å². The Morgan fingerprint density at radius 1 is 1.00 bits per heavy atom. The van der Waals surface area contributed by atoms with Gasteiger partial charge in [0, 0.05) is 12.1 Å². The van der Waals surface area contributed by atoms with Crippen molar-refractivity contribution >= 4 is 17.7 Å². The zero-order valence-corrected chi connectivity index (χ0v) is 15.6. The molecule has 0 spiro atoms. The fourth-order valence-corrected chi connectivity index (χ4v) is 2.56. The van der Waals surface area contributed by atoms with E-state index in [9.17, 15) is 14.4 Å². The van der Waals surface area contributed by atoms with E-state index in [0.29, 0.717) is 5.56 Å². The molecule has 2 aromatic carbocycles. The van der Waals surface area contributed by atoms with Gasteiger partial charge < -0.3 is 16.4 Å². The zero-order valence-electron chi connectivity index (χ0n) is 15.6. The SMILES string of the molecule is C.CCc1ccc(-c2ccc(C(=O)NCC(=O)N[C@@H](CN)C(=O)NO)cc2)cc1. The molecule has 0 bridgehead atoms. The third-order valence-corrected chi connectivity index (χ3v) is 4.25. The van der Waals surface area contributed by atoms with Crippen molar-refractivity contribution in [3.8, 4) is 11.1 Å². The summed E-state index contributed by atoms with van der Waals surface area (Å²) in [6.45, 7) is 1.58. The lowest BCUT2D eigenvalue weighted by molar-refractivity contribution is -0.134. The van der Waals surface area contributed by atoms with Crippen molar-refractivity contribution in [1.82, 2.24) is 16.1 Å². The Labute approximate surface area is 170 Å². The Bertz CT molecular complexity index is 820. The number of nitrogens with one attached hydrogen (secondary N) is 3. The van der Waals surface area contributed by atoms with Crippen molar-refractivity contribution in [3.05, 3.63) is 59.7 Å². The van der Waals surface area contributed by atoms with Crippen molar-refractivity contribution in [2.24, 2.45) is 5.73 Å². The summed E-state index contributed by atoms with van der Waals surface area (Å²) >= 11 is 0. The Kier molecular flexibility index (Phi) is 9.50. The van der Waals surface area contributed by atoms with E-state index in [4.69, 9.17) is 10.9 Å². The van der Waals surface area contributed by atoms with E-state index in [1.807, 2.05) is 24.3 Å². The van der Waals surface area contributed by atoms with Crippen molar-refractivity contribution in [2.75, 3.05) is 13.1 Å². The van der Waals surface area contributed by atoms with Crippen LogP contribution in [0.3, 0.4) is 0 Å². The van der Waals surface area contributed by atoms with Crippen LogP contribution in [0.15, 0.2) is 48.5 Å². The van der Waals surface area contributed by atoms with Crippen LogP contribution in [-0.4, -0.2) is 42.1 Å². The summed E-state index contributed by atoms with van der Waals surface area (Å²) in [4.78, 5) is 35.3. The van der Waals surface area contributed by atoms with E-state index in [1.54, 1.807) is 12.1 Å². The van der Waals surface area contributed by atoms with Gasteiger partial charge in [0.25, 0.3) is 11.8 Å². The fraction of sp³-hybridized carbons (Fsp3) is 0.286. The van der Waals surface area contributed by atoms with E-state index in [-0.39, 0.29) is 20.5 Å². The standard InChI is InChI=1S/C20H24N4O4.CH4/c1-2-13-3-5-14(6-4-13)15-7-9-16(10-8-15)19(26)22-12-18(25)23-17(11-21)20(27)24-28;/h3-10,17,28H,2,11-12,21H2,1H3,(H,22,26)(H,23,25)(H,24,27);1H4/t17-;/m0./s1. The first-order chi connectivity index (χ1) is 13.5. The van der Waals surface area contributed by atoms with Crippen LogP contribution in [0.2, 0.25) is 0 Å². The maximum Gasteiger partial charge on any atom is 0.267 e. The molecule has 0 saturated heterocycles. The molecule has 0 aliphatic carbocycles. The number of carbonyl (C=O) groups is 3. The van der Waals surface area contributed by atoms with Crippen molar-refractivity contribution in [2.45, 2.75) is 26.8 Å². The van der Waals surface area contributed by atoms with Gasteiger partial charge in [0.15, 0.2) is 0 Å². The molecule has 6 N–H and O–H groups in total. The monoisotopic (exact) mass is 400 g/mol. The van der Waals surface area contributed by atoms with Crippen molar-refractivity contribution < 1.29 is 19.6 Å². The van der Waals surface area contributed by atoms with Crippen LogP contribution in [0, 0.1) is 0 Å². The van der Waals surface area contributed by atoms with Gasteiger partial charge in [-0.1, -0.05) is 50.7 Å². The summed E-state index contributed by atoms with van der Waals surface area (Å²) in [7, 11) is 0. The van der Waals surface area contributed by atoms with Gasteiger partial charge >= 0.3 is 0 Å². The van der Waals surface area contributed by atoms with Crippen molar-refractivity contribution in [1.29, 1.82) is 0 Å². The molecule has 29 heavy (non-hydrogen) atoms. The highest BCUT2D eigenvalue weighted by atomic mass is 16.5.